The number of hydrogen-bond acceptors (Lipinski definition) is 3. The molecule has 0 radical (unpaired) electrons. The highest BCUT2D eigenvalue weighted by Crippen LogP contribution is 2.12. The van der Waals surface area contributed by atoms with E-state index in [1.165, 1.54) is 0 Å². The van der Waals surface area contributed by atoms with Crippen molar-refractivity contribution in [1.29, 1.82) is 0 Å². The van der Waals surface area contributed by atoms with Gasteiger partial charge in [-0.3, -0.25) is 4.79 Å². The van der Waals surface area contributed by atoms with E-state index in [-0.39, 0.29) is 11.7 Å². The van der Waals surface area contributed by atoms with E-state index in [0.29, 0.717) is 6.42 Å². The van der Waals surface area contributed by atoms with E-state index in [0.717, 1.165) is 44.7 Å². The lowest BCUT2D eigenvalue weighted by molar-refractivity contribution is -0.130. The summed E-state index contributed by atoms with van der Waals surface area (Å²) in [5, 5.41) is 9.45. The number of carbonyl (C=O) groups is 1. The Kier molecular flexibility index (Phi) is 7.83. The molecule has 0 atom stereocenters. The second-order valence-corrected chi connectivity index (χ2v) is 5.20. The predicted octanol–water partition coefficient (Wildman–Crippen LogP) is 2.52. The van der Waals surface area contributed by atoms with Crippen molar-refractivity contribution in [1.82, 2.24) is 9.80 Å². The molecule has 0 spiro atoms. The van der Waals surface area contributed by atoms with Gasteiger partial charge in [0.05, 0.1) is 6.42 Å². The Bertz CT molecular complexity index is 431. The molecule has 0 unspecified atom stereocenters. The summed E-state index contributed by atoms with van der Waals surface area (Å²) >= 11 is 0. The van der Waals surface area contributed by atoms with Crippen LogP contribution in [0.25, 0.3) is 0 Å². The van der Waals surface area contributed by atoms with Crippen molar-refractivity contribution in [3.05, 3.63) is 29.8 Å². The molecule has 0 aromatic heterocycles. The van der Waals surface area contributed by atoms with Crippen molar-refractivity contribution in [2.24, 2.45) is 0 Å². The van der Waals surface area contributed by atoms with Crippen LogP contribution in [0.5, 0.6) is 5.75 Å². The first kappa shape index (κ1) is 17.5. The molecule has 1 N–H and O–H groups in total. The van der Waals surface area contributed by atoms with Crippen LogP contribution in [0.2, 0.25) is 0 Å². The van der Waals surface area contributed by atoms with Crippen molar-refractivity contribution < 1.29 is 9.90 Å². The van der Waals surface area contributed by atoms with E-state index in [9.17, 15) is 9.90 Å². The minimum Gasteiger partial charge on any atom is -0.508 e. The number of likely N-dealkylation sites (N-methyl/N-ethyl adjacent to an activating group) is 1. The monoisotopic (exact) mass is 292 g/mol. The fourth-order valence-corrected chi connectivity index (χ4v) is 2.44. The lowest BCUT2D eigenvalue weighted by Gasteiger charge is -2.23. The van der Waals surface area contributed by atoms with Crippen LogP contribution in [0, 0.1) is 0 Å². The highest BCUT2D eigenvalue weighted by molar-refractivity contribution is 5.78. The third-order valence-corrected chi connectivity index (χ3v) is 3.80. The summed E-state index contributed by atoms with van der Waals surface area (Å²) in [7, 11) is 0. The molecule has 118 valence electrons. The molecule has 0 aliphatic carbocycles. The summed E-state index contributed by atoms with van der Waals surface area (Å²) in [5.74, 6) is 0.340. The number of amides is 1. The number of benzene rings is 1. The third kappa shape index (κ3) is 6.17. The van der Waals surface area contributed by atoms with Crippen molar-refractivity contribution >= 4 is 5.91 Å². The first-order valence-electron chi connectivity index (χ1n) is 7.88. The summed E-state index contributed by atoms with van der Waals surface area (Å²) in [4.78, 5) is 16.6. The predicted molar refractivity (Wildman–Crippen MR) is 86.5 cm³/mol. The summed E-state index contributed by atoms with van der Waals surface area (Å²) in [6.45, 7) is 11.0. The molecule has 21 heavy (non-hydrogen) atoms. The molecule has 0 saturated heterocycles. The van der Waals surface area contributed by atoms with Gasteiger partial charge in [0.25, 0.3) is 0 Å². The van der Waals surface area contributed by atoms with Gasteiger partial charge in [0.1, 0.15) is 5.75 Å². The fourth-order valence-electron chi connectivity index (χ4n) is 2.44. The molecule has 0 aliphatic rings. The minimum atomic E-state index is 0.127. The first-order valence-corrected chi connectivity index (χ1v) is 7.88. The molecule has 4 heteroatoms. The molecule has 0 heterocycles. The topological polar surface area (TPSA) is 43.8 Å². The lowest BCUT2D eigenvalue weighted by atomic mass is 10.1. The van der Waals surface area contributed by atoms with Gasteiger partial charge >= 0.3 is 0 Å². The zero-order valence-electron chi connectivity index (χ0n) is 13.5. The number of phenolic OH excluding ortho intramolecular Hbond substituents is 1. The van der Waals surface area contributed by atoms with Crippen molar-refractivity contribution in [2.75, 3.05) is 32.7 Å². The van der Waals surface area contributed by atoms with Crippen molar-refractivity contribution in [3.8, 4) is 5.75 Å². The zero-order chi connectivity index (χ0) is 15.7. The summed E-state index contributed by atoms with van der Waals surface area (Å²) in [5.41, 5.74) is 0.863. The van der Waals surface area contributed by atoms with Crippen LogP contribution in [0.15, 0.2) is 24.3 Å². The molecule has 1 rings (SSSR count). The van der Waals surface area contributed by atoms with Crippen LogP contribution in [-0.4, -0.2) is 53.5 Å². The van der Waals surface area contributed by atoms with Crippen LogP contribution in [-0.2, 0) is 11.2 Å². The van der Waals surface area contributed by atoms with E-state index >= 15 is 0 Å². The Labute approximate surface area is 128 Å². The maximum Gasteiger partial charge on any atom is 0.226 e. The van der Waals surface area contributed by atoms with Gasteiger partial charge in [-0.2, -0.15) is 0 Å². The second-order valence-electron chi connectivity index (χ2n) is 5.20. The largest absolute Gasteiger partial charge is 0.508 e. The number of hydrogen-bond donors (Lipinski definition) is 1. The van der Waals surface area contributed by atoms with E-state index in [2.05, 4.69) is 18.7 Å². The number of nitrogens with zero attached hydrogens (tertiary/aromatic N) is 2. The van der Waals surface area contributed by atoms with E-state index in [1.807, 2.05) is 17.9 Å². The van der Waals surface area contributed by atoms with Gasteiger partial charge in [-0.15, -0.1) is 0 Å². The van der Waals surface area contributed by atoms with Crippen molar-refractivity contribution in [2.45, 2.75) is 33.6 Å². The molecule has 0 fully saturated rings. The van der Waals surface area contributed by atoms with Crippen molar-refractivity contribution in [3.63, 3.8) is 0 Å². The second kappa shape index (κ2) is 9.40. The van der Waals surface area contributed by atoms with E-state index in [4.69, 9.17) is 0 Å². The van der Waals surface area contributed by atoms with Crippen LogP contribution >= 0.6 is 0 Å². The maximum absolute atomic E-state index is 12.3. The maximum atomic E-state index is 12.3. The average molecular weight is 292 g/mol. The van der Waals surface area contributed by atoms with Crippen LogP contribution in [0.4, 0.5) is 0 Å². The van der Waals surface area contributed by atoms with Gasteiger partial charge in [0.15, 0.2) is 0 Å². The van der Waals surface area contributed by atoms with Gasteiger partial charge in [-0.1, -0.05) is 26.0 Å². The molecule has 1 aromatic carbocycles. The molecular weight excluding hydrogens is 264 g/mol. The SMILES string of the molecule is CCN(CC)CCCN(CC)C(=O)Cc1cccc(O)c1. The Balaban J connectivity index is 2.46. The van der Waals surface area contributed by atoms with Gasteiger partial charge in [0, 0.05) is 13.1 Å². The highest BCUT2D eigenvalue weighted by Gasteiger charge is 2.12. The third-order valence-electron chi connectivity index (χ3n) is 3.80. The number of phenols is 1. The Morgan fingerprint density at radius 1 is 1.10 bits per heavy atom. The lowest BCUT2D eigenvalue weighted by Crippen LogP contribution is -2.35. The highest BCUT2D eigenvalue weighted by atomic mass is 16.3. The molecule has 0 saturated carbocycles. The molecule has 4 nitrogen and oxygen atoms in total. The van der Waals surface area contributed by atoms with Crippen LogP contribution in [0.3, 0.4) is 0 Å². The Hall–Kier alpha value is -1.55. The first-order chi connectivity index (χ1) is 10.1. The number of rotatable bonds is 9. The van der Waals surface area contributed by atoms with Gasteiger partial charge < -0.3 is 14.9 Å². The summed E-state index contributed by atoms with van der Waals surface area (Å²) < 4.78 is 0. The quantitative estimate of drug-likeness (QED) is 0.760. The van der Waals surface area contributed by atoms with Crippen LogP contribution in [0.1, 0.15) is 32.8 Å². The normalized spacial score (nSPS) is 10.9. The van der Waals surface area contributed by atoms with Gasteiger partial charge in [0.2, 0.25) is 5.91 Å². The fraction of sp³-hybridized carbons (Fsp3) is 0.588. The summed E-state index contributed by atoms with van der Waals surface area (Å²) in [6, 6.07) is 6.92. The Morgan fingerprint density at radius 3 is 2.38 bits per heavy atom. The number of carbonyl (C=O) groups excluding carboxylic acids is 1. The minimum absolute atomic E-state index is 0.127. The van der Waals surface area contributed by atoms with E-state index in [1.54, 1.807) is 18.2 Å². The smallest absolute Gasteiger partial charge is 0.226 e. The van der Waals surface area contributed by atoms with Gasteiger partial charge in [-0.25, -0.2) is 0 Å². The molecule has 0 aliphatic heterocycles. The standard InChI is InChI=1S/C17H28N2O2/c1-4-18(5-2)11-8-12-19(6-3)17(21)14-15-9-7-10-16(20)13-15/h7,9-10,13,20H,4-6,8,11-12,14H2,1-3H3. The summed E-state index contributed by atoms with van der Waals surface area (Å²) in [6.07, 6.45) is 1.36. The molecule has 1 aromatic rings. The van der Waals surface area contributed by atoms with Gasteiger partial charge in [-0.05, 0) is 50.7 Å². The zero-order valence-corrected chi connectivity index (χ0v) is 13.5. The molecule has 1 amide bonds. The molecule has 0 bridgehead atoms. The van der Waals surface area contributed by atoms with E-state index < -0.39 is 0 Å². The molecular formula is C17H28N2O2. The number of aromatic hydroxyl groups is 1. The average Bonchev–Trinajstić information content (AvgIpc) is 2.47. The van der Waals surface area contributed by atoms with Crippen LogP contribution < -0.4 is 0 Å². The Morgan fingerprint density at radius 2 is 1.81 bits per heavy atom.